The first kappa shape index (κ1) is 14.3. The van der Waals surface area contributed by atoms with Crippen LogP contribution in [0.3, 0.4) is 0 Å². The van der Waals surface area contributed by atoms with Crippen molar-refractivity contribution in [1.29, 1.82) is 0 Å². The minimum atomic E-state index is -0.643. The van der Waals surface area contributed by atoms with E-state index in [1.807, 2.05) is 6.07 Å². The van der Waals surface area contributed by atoms with Gasteiger partial charge in [-0.1, -0.05) is 6.07 Å². The predicted octanol–water partition coefficient (Wildman–Crippen LogP) is 3.93. The van der Waals surface area contributed by atoms with Gasteiger partial charge in [-0.3, -0.25) is 10.4 Å². The standard InChI is InChI=1S/C15H10F2N4S/c16-11-3-4-12(13(17)6-11)14-9-22-15(20-14)21-19-8-10-2-1-5-18-7-10/h1-9H,(H,20,21)/b19-8-. The summed E-state index contributed by atoms with van der Waals surface area (Å²) in [7, 11) is 0. The zero-order valence-electron chi connectivity index (χ0n) is 11.2. The molecule has 0 saturated heterocycles. The molecule has 3 aromatic rings. The Hall–Kier alpha value is -2.67. The third kappa shape index (κ3) is 3.32. The molecule has 0 bridgehead atoms. The highest BCUT2D eigenvalue weighted by atomic mass is 32.1. The maximum atomic E-state index is 13.7. The molecule has 2 heterocycles. The Morgan fingerprint density at radius 2 is 2.14 bits per heavy atom. The molecule has 0 aliphatic heterocycles. The molecule has 110 valence electrons. The minimum Gasteiger partial charge on any atom is -0.264 e. The largest absolute Gasteiger partial charge is 0.264 e. The van der Waals surface area contributed by atoms with Crippen LogP contribution in [0.15, 0.2) is 53.2 Å². The van der Waals surface area contributed by atoms with Crippen LogP contribution in [0.1, 0.15) is 5.56 Å². The lowest BCUT2D eigenvalue weighted by molar-refractivity contribution is 0.585. The average molecular weight is 316 g/mol. The van der Waals surface area contributed by atoms with Gasteiger partial charge in [0.15, 0.2) is 0 Å². The van der Waals surface area contributed by atoms with Crippen LogP contribution in [0, 0.1) is 11.6 Å². The number of nitrogens with one attached hydrogen (secondary N) is 1. The lowest BCUT2D eigenvalue weighted by Gasteiger charge is -1.99. The third-order valence-corrected chi connectivity index (χ3v) is 3.52. The molecule has 2 aromatic heterocycles. The molecule has 0 spiro atoms. The van der Waals surface area contributed by atoms with Crippen LogP contribution in [0.2, 0.25) is 0 Å². The highest BCUT2D eigenvalue weighted by molar-refractivity contribution is 7.14. The molecular weight excluding hydrogens is 306 g/mol. The number of hydrogen-bond donors (Lipinski definition) is 1. The van der Waals surface area contributed by atoms with Gasteiger partial charge in [-0.15, -0.1) is 11.3 Å². The van der Waals surface area contributed by atoms with E-state index in [-0.39, 0.29) is 5.56 Å². The molecule has 0 aliphatic rings. The normalized spacial score (nSPS) is 11.0. The molecule has 0 aliphatic carbocycles. The third-order valence-electron chi connectivity index (χ3n) is 2.77. The number of aromatic nitrogens is 2. The Kier molecular flexibility index (Phi) is 4.15. The number of pyridine rings is 1. The van der Waals surface area contributed by atoms with Crippen LogP contribution in [0.5, 0.6) is 0 Å². The molecule has 1 N–H and O–H groups in total. The molecule has 1 aromatic carbocycles. The fraction of sp³-hybridized carbons (Fsp3) is 0. The number of rotatable bonds is 4. The van der Waals surface area contributed by atoms with Gasteiger partial charge in [0.1, 0.15) is 11.6 Å². The Balaban J connectivity index is 1.73. The Morgan fingerprint density at radius 1 is 1.23 bits per heavy atom. The fourth-order valence-corrected chi connectivity index (χ4v) is 2.42. The SMILES string of the molecule is Fc1ccc(-c2csc(N/N=C\c3cccnc3)n2)c(F)c1. The zero-order chi connectivity index (χ0) is 15.4. The number of thiazole rings is 1. The van der Waals surface area contributed by atoms with Crippen molar-refractivity contribution in [1.82, 2.24) is 9.97 Å². The van der Waals surface area contributed by atoms with Crippen LogP contribution in [-0.2, 0) is 0 Å². The molecule has 0 radical (unpaired) electrons. The highest BCUT2D eigenvalue weighted by Crippen LogP contribution is 2.27. The summed E-state index contributed by atoms with van der Waals surface area (Å²) >= 11 is 1.28. The van der Waals surface area contributed by atoms with Gasteiger partial charge in [0, 0.05) is 35.0 Å². The van der Waals surface area contributed by atoms with Crippen molar-refractivity contribution in [2.45, 2.75) is 0 Å². The number of hydrogen-bond acceptors (Lipinski definition) is 5. The van der Waals surface area contributed by atoms with E-state index in [4.69, 9.17) is 0 Å². The van der Waals surface area contributed by atoms with Crippen molar-refractivity contribution in [2.75, 3.05) is 5.43 Å². The maximum Gasteiger partial charge on any atom is 0.203 e. The molecule has 3 rings (SSSR count). The monoisotopic (exact) mass is 316 g/mol. The fourth-order valence-electron chi connectivity index (χ4n) is 1.76. The van der Waals surface area contributed by atoms with Crippen LogP contribution < -0.4 is 5.43 Å². The topological polar surface area (TPSA) is 50.2 Å². The van der Waals surface area contributed by atoms with E-state index < -0.39 is 11.6 Å². The Labute approximate surface area is 129 Å². The molecule has 0 saturated carbocycles. The van der Waals surface area contributed by atoms with E-state index in [9.17, 15) is 8.78 Å². The average Bonchev–Trinajstić information content (AvgIpc) is 2.97. The van der Waals surface area contributed by atoms with Crippen molar-refractivity contribution in [3.05, 3.63) is 65.3 Å². The first-order valence-electron chi connectivity index (χ1n) is 6.32. The molecule has 0 atom stereocenters. The van der Waals surface area contributed by atoms with Gasteiger partial charge in [-0.2, -0.15) is 5.10 Å². The van der Waals surface area contributed by atoms with Crippen molar-refractivity contribution >= 4 is 22.7 Å². The molecule has 0 amide bonds. The van der Waals surface area contributed by atoms with Gasteiger partial charge in [0.05, 0.1) is 11.9 Å². The Morgan fingerprint density at radius 3 is 2.91 bits per heavy atom. The molecular formula is C15H10F2N4S. The Bertz CT molecular complexity index is 802. The summed E-state index contributed by atoms with van der Waals surface area (Å²) in [5, 5.41) is 6.23. The summed E-state index contributed by atoms with van der Waals surface area (Å²) < 4.78 is 26.6. The van der Waals surface area contributed by atoms with Crippen molar-refractivity contribution in [3.63, 3.8) is 0 Å². The first-order chi connectivity index (χ1) is 10.7. The summed E-state index contributed by atoms with van der Waals surface area (Å²) in [6.07, 6.45) is 4.95. The lowest BCUT2D eigenvalue weighted by atomic mass is 10.1. The molecule has 22 heavy (non-hydrogen) atoms. The summed E-state index contributed by atoms with van der Waals surface area (Å²) in [5.41, 5.74) is 4.29. The van der Waals surface area contributed by atoms with Crippen LogP contribution in [-0.4, -0.2) is 16.2 Å². The van der Waals surface area contributed by atoms with Crippen LogP contribution >= 0.6 is 11.3 Å². The second-order valence-electron chi connectivity index (χ2n) is 4.32. The highest BCUT2D eigenvalue weighted by Gasteiger charge is 2.10. The molecule has 0 unspecified atom stereocenters. The number of halogens is 2. The van der Waals surface area contributed by atoms with Crippen molar-refractivity contribution in [2.24, 2.45) is 5.10 Å². The maximum absolute atomic E-state index is 13.7. The number of anilines is 1. The molecule has 4 nitrogen and oxygen atoms in total. The summed E-state index contributed by atoms with van der Waals surface area (Å²) in [5.74, 6) is -1.26. The smallest absolute Gasteiger partial charge is 0.203 e. The van der Waals surface area contributed by atoms with Gasteiger partial charge < -0.3 is 0 Å². The van der Waals surface area contributed by atoms with Gasteiger partial charge >= 0.3 is 0 Å². The van der Waals surface area contributed by atoms with E-state index in [0.29, 0.717) is 10.8 Å². The molecule has 7 heteroatoms. The number of benzene rings is 1. The number of hydrazone groups is 1. The summed E-state index contributed by atoms with van der Waals surface area (Å²) in [4.78, 5) is 8.18. The van der Waals surface area contributed by atoms with E-state index in [1.165, 1.54) is 23.5 Å². The van der Waals surface area contributed by atoms with Gasteiger partial charge in [0.2, 0.25) is 5.13 Å². The van der Waals surface area contributed by atoms with E-state index in [0.717, 1.165) is 11.6 Å². The second kappa shape index (κ2) is 6.40. The van der Waals surface area contributed by atoms with Gasteiger partial charge in [-0.25, -0.2) is 13.8 Å². The quantitative estimate of drug-likeness (QED) is 0.586. The van der Waals surface area contributed by atoms with Crippen molar-refractivity contribution < 1.29 is 8.78 Å². The summed E-state index contributed by atoms with van der Waals surface area (Å²) in [6, 6.07) is 7.07. The van der Waals surface area contributed by atoms with E-state index in [1.54, 1.807) is 30.1 Å². The van der Waals surface area contributed by atoms with Gasteiger partial charge in [-0.05, 0) is 18.2 Å². The lowest BCUT2D eigenvalue weighted by Crippen LogP contribution is -1.91. The zero-order valence-corrected chi connectivity index (χ0v) is 12.0. The van der Waals surface area contributed by atoms with Gasteiger partial charge in [0.25, 0.3) is 0 Å². The first-order valence-corrected chi connectivity index (χ1v) is 7.20. The van der Waals surface area contributed by atoms with Crippen LogP contribution in [0.4, 0.5) is 13.9 Å². The molecule has 0 fully saturated rings. The van der Waals surface area contributed by atoms with E-state index >= 15 is 0 Å². The van der Waals surface area contributed by atoms with E-state index in [2.05, 4.69) is 20.5 Å². The summed E-state index contributed by atoms with van der Waals surface area (Å²) in [6.45, 7) is 0. The van der Waals surface area contributed by atoms with Crippen molar-refractivity contribution in [3.8, 4) is 11.3 Å². The number of nitrogens with zero attached hydrogens (tertiary/aromatic N) is 3. The van der Waals surface area contributed by atoms with Crippen LogP contribution in [0.25, 0.3) is 11.3 Å². The predicted molar refractivity (Wildman–Crippen MR) is 82.9 cm³/mol. The second-order valence-corrected chi connectivity index (χ2v) is 5.18. The minimum absolute atomic E-state index is 0.252.